The summed E-state index contributed by atoms with van der Waals surface area (Å²) in [5.74, 6) is 0.414. The highest BCUT2D eigenvalue weighted by Crippen LogP contribution is 2.23. The van der Waals surface area contributed by atoms with Gasteiger partial charge in [0.25, 0.3) is 5.91 Å². The van der Waals surface area contributed by atoms with Gasteiger partial charge in [0.15, 0.2) is 5.78 Å². The number of halogens is 1. The van der Waals surface area contributed by atoms with E-state index in [1.807, 2.05) is 13.8 Å². The van der Waals surface area contributed by atoms with Crippen molar-refractivity contribution in [3.05, 3.63) is 46.8 Å². The molecule has 0 bridgehead atoms. The first-order chi connectivity index (χ1) is 12.0. The van der Waals surface area contributed by atoms with E-state index in [0.717, 1.165) is 17.7 Å². The van der Waals surface area contributed by atoms with Gasteiger partial charge in [-0.1, -0.05) is 13.3 Å². The zero-order valence-electron chi connectivity index (χ0n) is 15.3. The van der Waals surface area contributed by atoms with Crippen molar-refractivity contribution in [3.8, 4) is 5.75 Å². The van der Waals surface area contributed by atoms with Crippen molar-refractivity contribution in [1.82, 2.24) is 4.98 Å². The number of hydrogen-bond acceptors (Lipinski definition) is 4. The molecule has 0 aliphatic heterocycles. The minimum Gasteiger partial charge on any atom is -0.492 e. The Hall–Kier alpha value is -2.31. The molecule has 0 saturated carbocycles. The molecule has 0 aliphatic carbocycles. The van der Waals surface area contributed by atoms with E-state index in [-0.39, 0.29) is 24.1 Å². The zero-order chi connectivity index (χ0) is 18.4. The number of ether oxygens (including phenoxy) is 1. The van der Waals surface area contributed by atoms with Gasteiger partial charge in [-0.05, 0) is 50.1 Å². The molecule has 142 valence electrons. The summed E-state index contributed by atoms with van der Waals surface area (Å²) in [6, 6.07) is 7.09. The molecule has 26 heavy (non-hydrogen) atoms. The molecule has 1 aromatic carbocycles. The normalized spacial score (nSPS) is 10.2. The number of amides is 1. The Bertz CT molecular complexity index is 754. The number of aromatic nitrogens is 1. The van der Waals surface area contributed by atoms with Gasteiger partial charge in [0, 0.05) is 23.5 Å². The van der Waals surface area contributed by atoms with Gasteiger partial charge in [0.2, 0.25) is 0 Å². The Morgan fingerprint density at radius 1 is 1.23 bits per heavy atom. The van der Waals surface area contributed by atoms with Gasteiger partial charge in [0.05, 0.1) is 0 Å². The van der Waals surface area contributed by atoms with Gasteiger partial charge >= 0.3 is 0 Å². The number of anilines is 1. The lowest BCUT2D eigenvalue weighted by Gasteiger charge is -2.08. The number of Topliss-reactive ketones (excluding diaryl/α,β-unsaturated/α-hetero) is 1. The lowest BCUT2D eigenvalue weighted by atomic mass is 10.0. The second-order valence-corrected chi connectivity index (χ2v) is 5.90. The highest BCUT2D eigenvalue weighted by molar-refractivity contribution is 6.07. The molecule has 7 heteroatoms. The number of ketones is 1. The van der Waals surface area contributed by atoms with E-state index in [2.05, 4.69) is 10.3 Å². The summed E-state index contributed by atoms with van der Waals surface area (Å²) in [7, 11) is 0. The number of aryl methyl sites for hydroxylation is 1. The summed E-state index contributed by atoms with van der Waals surface area (Å²) in [6.45, 7) is 6.26. The first-order valence-electron chi connectivity index (χ1n) is 8.44. The largest absolute Gasteiger partial charge is 0.492 e. The predicted molar refractivity (Wildman–Crippen MR) is 106 cm³/mol. The Kier molecular flexibility index (Phi) is 8.35. The van der Waals surface area contributed by atoms with Crippen molar-refractivity contribution in [2.45, 2.75) is 33.6 Å². The summed E-state index contributed by atoms with van der Waals surface area (Å²) >= 11 is 0. The number of carbonyl (C=O) groups excluding carboxylic acids is 2. The minimum absolute atomic E-state index is 0. The summed E-state index contributed by atoms with van der Waals surface area (Å²) in [5, 5.41) is 2.86. The van der Waals surface area contributed by atoms with E-state index in [1.165, 1.54) is 6.92 Å². The Labute approximate surface area is 159 Å². The Balaban J connectivity index is 0.00000338. The second kappa shape index (κ2) is 9.99. The van der Waals surface area contributed by atoms with E-state index in [4.69, 9.17) is 10.5 Å². The third-order valence-electron chi connectivity index (χ3n) is 3.87. The monoisotopic (exact) mass is 379 g/mol. The number of aromatic amines is 1. The van der Waals surface area contributed by atoms with E-state index < -0.39 is 0 Å². The van der Waals surface area contributed by atoms with Crippen molar-refractivity contribution >= 4 is 29.8 Å². The predicted octanol–water partition coefficient (Wildman–Crippen LogP) is 3.49. The maximum atomic E-state index is 12.7. The number of nitrogens with two attached hydrogens (primary N) is 1. The fourth-order valence-corrected chi connectivity index (χ4v) is 2.85. The van der Waals surface area contributed by atoms with Crippen LogP contribution in [0.4, 0.5) is 5.69 Å². The molecule has 1 aromatic heterocycles. The van der Waals surface area contributed by atoms with E-state index >= 15 is 0 Å². The van der Waals surface area contributed by atoms with Crippen molar-refractivity contribution < 1.29 is 14.3 Å². The van der Waals surface area contributed by atoms with Crippen LogP contribution in [-0.2, 0) is 6.42 Å². The average molecular weight is 380 g/mol. The molecule has 4 N–H and O–H groups in total. The standard InChI is InChI=1S/C19H25N3O3.ClH/c1-4-5-16-17(13(3)23)12(2)21-18(16)19(24)22-14-6-8-15(9-7-14)25-11-10-20;/h6-9,21H,4-5,10-11,20H2,1-3H3,(H,22,24);1H. The van der Waals surface area contributed by atoms with Gasteiger partial charge in [-0.3, -0.25) is 9.59 Å². The van der Waals surface area contributed by atoms with Gasteiger partial charge in [-0.15, -0.1) is 12.4 Å². The number of hydrogen-bond donors (Lipinski definition) is 3. The molecule has 2 aromatic rings. The Morgan fingerprint density at radius 2 is 1.88 bits per heavy atom. The van der Waals surface area contributed by atoms with Crippen LogP contribution in [0.2, 0.25) is 0 Å². The van der Waals surface area contributed by atoms with Gasteiger partial charge in [-0.2, -0.15) is 0 Å². The van der Waals surface area contributed by atoms with Crippen molar-refractivity contribution in [2.24, 2.45) is 5.73 Å². The molecule has 2 rings (SSSR count). The molecule has 6 nitrogen and oxygen atoms in total. The Morgan fingerprint density at radius 3 is 2.42 bits per heavy atom. The number of rotatable bonds is 8. The minimum atomic E-state index is -0.255. The SMILES string of the molecule is CCCc1c(C(=O)Nc2ccc(OCCN)cc2)[nH]c(C)c1C(C)=O.Cl. The number of nitrogens with one attached hydrogen (secondary N) is 2. The van der Waals surface area contributed by atoms with Crippen molar-refractivity contribution in [2.75, 3.05) is 18.5 Å². The average Bonchev–Trinajstić information content (AvgIpc) is 2.91. The van der Waals surface area contributed by atoms with Crippen LogP contribution in [0, 0.1) is 6.92 Å². The zero-order valence-corrected chi connectivity index (χ0v) is 16.2. The first-order valence-corrected chi connectivity index (χ1v) is 8.44. The van der Waals surface area contributed by atoms with Crippen LogP contribution in [0.1, 0.15) is 52.4 Å². The molecule has 0 radical (unpaired) electrons. The summed E-state index contributed by atoms with van der Waals surface area (Å²) < 4.78 is 5.41. The van der Waals surface area contributed by atoms with Crippen LogP contribution in [0.5, 0.6) is 5.75 Å². The highest BCUT2D eigenvalue weighted by atomic mass is 35.5. The van der Waals surface area contributed by atoms with Crippen molar-refractivity contribution in [1.29, 1.82) is 0 Å². The van der Waals surface area contributed by atoms with Crippen molar-refractivity contribution in [3.63, 3.8) is 0 Å². The first kappa shape index (κ1) is 21.7. The smallest absolute Gasteiger partial charge is 0.272 e. The summed E-state index contributed by atoms with van der Waals surface area (Å²) in [6.07, 6.45) is 1.53. The quantitative estimate of drug-likeness (QED) is 0.611. The molecule has 1 amide bonds. The van der Waals surface area contributed by atoms with Crippen LogP contribution in [0.3, 0.4) is 0 Å². The van der Waals surface area contributed by atoms with Crippen LogP contribution >= 0.6 is 12.4 Å². The molecule has 1 heterocycles. The van der Waals surface area contributed by atoms with Crippen LogP contribution in [-0.4, -0.2) is 29.8 Å². The number of carbonyl (C=O) groups is 2. The third kappa shape index (κ3) is 5.09. The fraction of sp³-hybridized carbons (Fsp3) is 0.368. The van der Waals surface area contributed by atoms with Crippen LogP contribution < -0.4 is 15.8 Å². The number of H-pyrrole nitrogens is 1. The third-order valence-corrected chi connectivity index (χ3v) is 3.87. The molecule has 0 saturated heterocycles. The van der Waals surface area contributed by atoms with E-state index in [9.17, 15) is 9.59 Å². The molecule has 0 fully saturated rings. The molecule has 0 unspecified atom stereocenters. The highest BCUT2D eigenvalue weighted by Gasteiger charge is 2.22. The number of benzene rings is 1. The van der Waals surface area contributed by atoms with Crippen LogP contribution in [0.15, 0.2) is 24.3 Å². The molecular weight excluding hydrogens is 354 g/mol. The second-order valence-electron chi connectivity index (χ2n) is 5.90. The molecule has 0 atom stereocenters. The van der Waals surface area contributed by atoms with E-state index in [1.54, 1.807) is 24.3 Å². The maximum absolute atomic E-state index is 12.7. The lowest BCUT2D eigenvalue weighted by molar-refractivity contribution is 0.101. The summed E-state index contributed by atoms with van der Waals surface area (Å²) in [5.41, 5.74) is 8.65. The topological polar surface area (TPSA) is 97.2 Å². The maximum Gasteiger partial charge on any atom is 0.272 e. The lowest BCUT2D eigenvalue weighted by Crippen LogP contribution is -2.15. The van der Waals surface area contributed by atoms with Gasteiger partial charge in [0.1, 0.15) is 18.1 Å². The van der Waals surface area contributed by atoms with Crippen LogP contribution in [0.25, 0.3) is 0 Å². The molecule has 0 aliphatic rings. The summed E-state index contributed by atoms with van der Waals surface area (Å²) in [4.78, 5) is 27.6. The molecule has 0 spiro atoms. The van der Waals surface area contributed by atoms with E-state index in [0.29, 0.717) is 42.3 Å². The van der Waals surface area contributed by atoms with Gasteiger partial charge < -0.3 is 20.8 Å². The van der Waals surface area contributed by atoms with Gasteiger partial charge in [-0.25, -0.2) is 0 Å². The molecular formula is C19H26ClN3O3. The fourth-order valence-electron chi connectivity index (χ4n) is 2.85.